The number of nitrogen functional groups attached to an aromatic ring is 1. The lowest BCUT2D eigenvalue weighted by atomic mass is 9.96. The highest BCUT2D eigenvalue weighted by Crippen LogP contribution is 2.40. The monoisotopic (exact) mass is 383 g/mol. The van der Waals surface area contributed by atoms with Crippen molar-refractivity contribution in [1.29, 1.82) is 0 Å². The van der Waals surface area contributed by atoms with Crippen LogP contribution in [0.1, 0.15) is 17.7 Å². The second-order valence-electron chi connectivity index (χ2n) is 6.59. The van der Waals surface area contributed by atoms with Gasteiger partial charge in [0.05, 0.1) is 36.6 Å². The van der Waals surface area contributed by atoms with Crippen LogP contribution in [0.15, 0.2) is 18.3 Å². The summed E-state index contributed by atoms with van der Waals surface area (Å²) in [6, 6.07) is 2.56. The Bertz CT molecular complexity index is 913. The number of aromatic nitrogens is 3. The number of nitrogens with two attached hydrogens (primary N) is 1. The minimum Gasteiger partial charge on any atom is -0.465 e. The predicted molar refractivity (Wildman–Crippen MR) is 86.7 cm³/mol. The predicted octanol–water partition coefficient (Wildman–Crippen LogP) is 2.16. The molecule has 1 saturated heterocycles. The largest absolute Gasteiger partial charge is 0.465 e. The molecule has 0 unspecified atom stereocenters. The second-order valence-corrected chi connectivity index (χ2v) is 6.59. The Morgan fingerprint density at radius 1 is 1.33 bits per heavy atom. The molecule has 0 aliphatic carbocycles. The van der Waals surface area contributed by atoms with E-state index in [1.165, 1.54) is 11.1 Å². The van der Waals surface area contributed by atoms with Gasteiger partial charge in [0.25, 0.3) is 0 Å². The van der Waals surface area contributed by atoms with E-state index in [4.69, 9.17) is 10.5 Å². The first kappa shape index (κ1) is 17.6. The number of rotatable bonds is 1. The lowest BCUT2D eigenvalue weighted by molar-refractivity contribution is -0.137. The molecule has 0 bridgehead atoms. The Morgan fingerprint density at radius 3 is 2.78 bits per heavy atom. The van der Waals surface area contributed by atoms with Crippen molar-refractivity contribution < 1.29 is 27.8 Å². The quantitative estimate of drug-likeness (QED) is 0.782. The number of pyridine rings is 1. The van der Waals surface area contributed by atoms with Crippen LogP contribution < -0.4 is 5.73 Å². The Morgan fingerprint density at radius 2 is 2.11 bits per heavy atom. The van der Waals surface area contributed by atoms with E-state index >= 15 is 0 Å². The highest BCUT2D eigenvalue weighted by Gasteiger charge is 2.47. The van der Waals surface area contributed by atoms with Crippen LogP contribution in [0.3, 0.4) is 0 Å². The Kier molecular flexibility index (Phi) is 3.81. The number of anilines is 1. The molecule has 144 valence electrons. The van der Waals surface area contributed by atoms with Crippen molar-refractivity contribution in [2.75, 3.05) is 25.4 Å². The van der Waals surface area contributed by atoms with Gasteiger partial charge < -0.3 is 20.5 Å². The first-order chi connectivity index (χ1) is 12.7. The van der Waals surface area contributed by atoms with Gasteiger partial charge in [-0.25, -0.2) is 9.78 Å². The van der Waals surface area contributed by atoms with Crippen molar-refractivity contribution in [3.05, 3.63) is 29.6 Å². The molecule has 2 aromatic heterocycles. The zero-order valence-electron chi connectivity index (χ0n) is 14.0. The number of carbonyl (C=O) groups is 1. The molecule has 2 aliphatic heterocycles. The third kappa shape index (κ3) is 2.87. The molecular weight excluding hydrogens is 367 g/mol. The number of nitrogens with zero attached hydrogens (tertiary/aromatic N) is 4. The number of ether oxygens (including phenoxy) is 1. The summed E-state index contributed by atoms with van der Waals surface area (Å²) in [5.41, 5.74) is 4.64. The molecule has 11 heteroatoms. The van der Waals surface area contributed by atoms with E-state index in [2.05, 4.69) is 10.1 Å². The van der Waals surface area contributed by atoms with Crippen LogP contribution in [0.2, 0.25) is 0 Å². The number of likely N-dealkylation sites (tertiary alicyclic amines) is 1. The molecule has 8 nitrogen and oxygen atoms in total. The van der Waals surface area contributed by atoms with Gasteiger partial charge in [-0.05, 0) is 12.1 Å². The van der Waals surface area contributed by atoms with Gasteiger partial charge in [0.2, 0.25) is 0 Å². The fourth-order valence-corrected chi connectivity index (χ4v) is 3.61. The summed E-state index contributed by atoms with van der Waals surface area (Å²) in [5, 5.41) is 13.6. The van der Waals surface area contributed by atoms with Crippen molar-refractivity contribution in [2.45, 2.75) is 24.7 Å². The van der Waals surface area contributed by atoms with Gasteiger partial charge in [-0.2, -0.15) is 18.3 Å². The van der Waals surface area contributed by atoms with Crippen molar-refractivity contribution in [3.8, 4) is 11.3 Å². The maximum atomic E-state index is 13.1. The molecule has 2 aromatic rings. The maximum absolute atomic E-state index is 13.1. The zero-order chi connectivity index (χ0) is 19.4. The molecule has 3 N–H and O–H groups in total. The fraction of sp³-hybridized carbons (Fsp3) is 0.438. The molecule has 0 saturated carbocycles. The maximum Gasteiger partial charge on any atom is 0.419 e. The average molecular weight is 383 g/mol. The Labute approximate surface area is 151 Å². The van der Waals surface area contributed by atoms with Gasteiger partial charge in [0, 0.05) is 24.7 Å². The van der Waals surface area contributed by atoms with Crippen molar-refractivity contribution in [2.24, 2.45) is 0 Å². The van der Waals surface area contributed by atoms with Crippen LogP contribution in [-0.2, 0) is 23.1 Å². The number of hydrogen-bond donors (Lipinski definition) is 2. The first-order valence-corrected chi connectivity index (χ1v) is 8.23. The standard InChI is InChI=1S/C16H16F3N5O3/c17-16(18,19)10-5-9(7-21-13(10)20)11-6-12-15(27-4-3-24(12)22-11)1-2-23(8-15)14(25)26/h5-7H,1-4,8H2,(H2,20,21)(H,25,26)/t15-/m1/s1. The third-order valence-electron chi connectivity index (χ3n) is 4.95. The molecule has 4 heterocycles. The zero-order valence-corrected chi connectivity index (χ0v) is 14.0. The highest BCUT2D eigenvalue weighted by atomic mass is 19.4. The molecule has 0 aromatic carbocycles. The lowest BCUT2D eigenvalue weighted by Crippen LogP contribution is -2.41. The molecular formula is C16H16F3N5O3. The average Bonchev–Trinajstić information content (AvgIpc) is 3.20. The summed E-state index contributed by atoms with van der Waals surface area (Å²) >= 11 is 0. The van der Waals surface area contributed by atoms with E-state index in [1.807, 2.05) is 0 Å². The van der Waals surface area contributed by atoms with Crippen LogP contribution in [0, 0.1) is 0 Å². The lowest BCUT2D eigenvalue weighted by Gasteiger charge is -2.33. The van der Waals surface area contributed by atoms with Crippen LogP contribution >= 0.6 is 0 Å². The van der Waals surface area contributed by atoms with E-state index in [-0.39, 0.29) is 12.1 Å². The first-order valence-electron chi connectivity index (χ1n) is 8.23. The van der Waals surface area contributed by atoms with Gasteiger partial charge in [0.1, 0.15) is 11.4 Å². The van der Waals surface area contributed by atoms with Gasteiger partial charge in [-0.1, -0.05) is 0 Å². The van der Waals surface area contributed by atoms with Crippen molar-refractivity contribution >= 4 is 11.9 Å². The molecule has 27 heavy (non-hydrogen) atoms. The molecule has 1 fully saturated rings. The Balaban J connectivity index is 1.74. The summed E-state index contributed by atoms with van der Waals surface area (Å²) in [7, 11) is 0. The van der Waals surface area contributed by atoms with Crippen molar-refractivity contribution in [3.63, 3.8) is 0 Å². The number of amides is 1. The number of hydrogen-bond acceptors (Lipinski definition) is 5. The molecule has 2 aliphatic rings. The second kappa shape index (κ2) is 5.84. The third-order valence-corrected chi connectivity index (χ3v) is 4.95. The summed E-state index contributed by atoms with van der Waals surface area (Å²) < 4.78 is 46.9. The van der Waals surface area contributed by atoms with Gasteiger partial charge in [-0.3, -0.25) is 4.68 Å². The Hall–Kier alpha value is -2.82. The topological polar surface area (TPSA) is 106 Å². The van der Waals surface area contributed by atoms with Crippen molar-refractivity contribution in [1.82, 2.24) is 19.7 Å². The summed E-state index contributed by atoms with van der Waals surface area (Å²) in [6.45, 7) is 1.24. The van der Waals surface area contributed by atoms with E-state index in [0.29, 0.717) is 37.5 Å². The minimum absolute atomic E-state index is 0.154. The van der Waals surface area contributed by atoms with Gasteiger partial charge >= 0.3 is 12.3 Å². The number of halogens is 3. The number of carboxylic acid groups (broad SMARTS) is 1. The van der Waals surface area contributed by atoms with Crippen LogP contribution in [-0.4, -0.2) is 50.6 Å². The van der Waals surface area contributed by atoms with Gasteiger partial charge in [0.15, 0.2) is 0 Å². The highest BCUT2D eigenvalue weighted by molar-refractivity contribution is 5.66. The SMILES string of the molecule is Nc1ncc(-c2cc3n(n2)CCO[C@@]32CCN(C(=O)O)C2)cc1C(F)(F)F. The normalized spacial score (nSPS) is 22.3. The van der Waals surface area contributed by atoms with Crippen LogP contribution in [0.25, 0.3) is 11.3 Å². The number of alkyl halides is 3. The van der Waals surface area contributed by atoms with E-state index in [1.54, 1.807) is 10.7 Å². The van der Waals surface area contributed by atoms with E-state index < -0.39 is 29.3 Å². The van der Waals surface area contributed by atoms with E-state index in [0.717, 1.165) is 6.07 Å². The molecule has 1 atom stereocenters. The fourth-order valence-electron chi connectivity index (χ4n) is 3.61. The summed E-state index contributed by atoms with van der Waals surface area (Å²) in [6.07, 6.45) is -3.96. The smallest absolute Gasteiger partial charge is 0.419 e. The van der Waals surface area contributed by atoms with E-state index in [9.17, 15) is 23.1 Å². The summed E-state index contributed by atoms with van der Waals surface area (Å²) in [4.78, 5) is 16.2. The molecule has 0 radical (unpaired) electrons. The molecule has 1 spiro atoms. The summed E-state index contributed by atoms with van der Waals surface area (Å²) in [5.74, 6) is -0.595. The van der Waals surface area contributed by atoms with Gasteiger partial charge in [-0.15, -0.1) is 0 Å². The number of fused-ring (bicyclic) bond motifs is 2. The molecule has 1 amide bonds. The van der Waals surface area contributed by atoms with Crippen LogP contribution in [0.4, 0.5) is 23.8 Å². The minimum atomic E-state index is -4.62. The molecule has 4 rings (SSSR count). The van der Waals surface area contributed by atoms with Crippen LogP contribution in [0.5, 0.6) is 0 Å².